The van der Waals surface area contributed by atoms with Crippen LogP contribution in [0.25, 0.3) is 0 Å². The Bertz CT molecular complexity index is 236. The summed E-state index contributed by atoms with van der Waals surface area (Å²) in [7, 11) is 3.07. The van der Waals surface area contributed by atoms with Gasteiger partial charge in [-0.25, -0.2) is 0 Å². The summed E-state index contributed by atoms with van der Waals surface area (Å²) in [6.45, 7) is 6.96. The van der Waals surface area contributed by atoms with E-state index >= 15 is 0 Å². The fourth-order valence-electron chi connectivity index (χ4n) is 1.64. The van der Waals surface area contributed by atoms with Crippen molar-refractivity contribution in [2.24, 2.45) is 0 Å². The second-order valence-electron chi connectivity index (χ2n) is 4.76. The maximum atomic E-state index is 11.5. The van der Waals surface area contributed by atoms with Crippen molar-refractivity contribution in [1.29, 1.82) is 0 Å². The van der Waals surface area contributed by atoms with Gasteiger partial charge in [0.2, 0.25) is 0 Å². The van der Waals surface area contributed by atoms with Gasteiger partial charge < -0.3 is 24.3 Å². The second-order valence-corrected chi connectivity index (χ2v) is 4.76. The van der Waals surface area contributed by atoms with Crippen LogP contribution in [0.3, 0.4) is 0 Å². The van der Waals surface area contributed by atoms with Crippen molar-refractivity contribution in [3.05, 3.63) is 0 Å². The summed E-state index contributed by atoms with van der Waals surface area (Å²) in [6, 6.07) is -0.0918. The zero-order chi connectivity index (χ0) is 15.2. The van der Waals surface area contributed by atoms with E-state index in [4.69, 9.17) is 18.9 Å². The minimum absolute atomic E-state index is 0.225. The van der Waals surface area contributed by atoms with Gasteiger partial charge in [0, 0.05) is 33.0 Å². The standard InChI is InChI=1S/C14H29NO5/c1-12(2)15-13(14(16)18-4)6-9-20-11-10-19-8-5-7-17-3/h12-13,15H,5-11H2,1-4H3. The summed E-state index contributed by atoms with van der Waals surface area (Å²) in [5.74, 6) is -0.252. The first-order valence-corrected chi connectivity index (χ1v) is 7.10. The van der Waals surface area contributed by atoms with Crippen LogP contribution in [0.4, 0.5) is 0 Å². The summed E-state index contributed by atoms with van der Waals surface area (Å²) in [5, 5.41) is 3.16. The highest BCUT2D eigenvalue weighted by Gasteiger charge is 2.19. The topological polar surface area (TPSA) is 66.0 Å². The highest BCUT2D eigenvalue weighted by atomic mass is 16.5. The molecule has 0 aliphatic rings. The number of esters is 1. The van der Waals surface area contributed by atoms with Crippen molar-refractivity contribution in [1.82, 2.24) is 5.32 Å². The molecule has 0 bridgehead atoms. The number of ether oxygens (including phenoxy) is 4. The summed E-state index contributed by atoms with van der Waals surface area (Å²) in [6.07, 6.45) is 1.48. The number of nitrogens with one attached hydrogen (secondary N) is 1. The first kappa shape index (κ1) is 19.3. The molecular formula is C14H29NO5. The van der Waals surface area contributed by atoms with Gasteiger partial charge in [-0.05, 0) is 12.8 Å². The smallest absolute Gasteiger partial charge is 0.322 e. The Morgan fingerprint density at radius 3 is 2.20 bits per heavy atom. The summed E-state index contributed by atoms with van der Waals surface area (Å²) in [4.78, 5) is 11.5. The SMILES string of the molecule is COCCCOCCOCCC(NC(C)C)C(=O)OC. The summed E-state index contributed by atoms with van der Waals surface area (Å²) in [5.41, 5.74) is 0. The fourth-order valence-corrected chi connectivity index (χ4v) is 1.64. The summed E-state index contributed by atoms with van der Waals surface area (Å²) >= 11 is 0. The van der Waals surface area contributed by atoms with Crippen LogP contribution in [-0.2, 0) is 23.7 Å². The molecule has 6 heteroatoms. The van der Waals surface area contributed by atoms with E-state index in [9.17, 15) is 4.79 Å². The first-order chi connectivity index (χ1) is 9.61. The predicted octanol–water partition coefficient (Wildman–Crippen LogP) is 0.986. The van der Waals surface area contributed by atoms with Crippen LogP contribution in [0.1, 0.15) is 26.7 Å². The van der Waals surface area contributed by atoms with E-state index < -0.39 is 0 Å². The zero-order valence-electron chi connectivity index (χ0n) is 13.1. The molecule has 20 heavy (non-hydrogen) atoms. The van der Waals surface area contributed by atoms with E-state index in [1.54, 1.807) is 7.11 Å². The monoisotopic (exact) mass is 291 g/mol. The Kier molecular flexibility index (Phi) is 12.8. The highest BCUT2D eigenvalue weighted by molar-refractivity contribution is 5.75. The maximum absolute atomic E-state index is 11.5. The van der Waals surface area contributed by atoms with Crippen LogP contribution in [0.5, 0.6) is 0 Å². The molecule has 0 aliphatic carbocycles. The quantitative estimate of drug-likeness (QED) is 0.403. The van der Waals surface area contributed by atoms with Gasteiger partial charge in [0.15, 0.2) is 0 Å². The van der Waals surface area contributed by atoms with E-state index in [0.717, 1.165) is 6.42 Å². The molecule has 1 unspecified atom stereocenters. The molecule has 0 fully saturated rings. The van der Waals surface area contributed by atoms with Gasteiger partial charge in [-0.3, -0.25) is 4.79 Å². The third-order valence-electron chi connectivity index (χ3n) is 2.58. The molecular weight excluding hydrogens is 262 g/mol. The van der Waals surface area contributed by atoms with Crippen LogP contribution in [-0.4, -0.2) is 65.3 Å². The van der Waals surface area contributed by atoms with Gasteiger partial charge in [0.25, 0.3) is 0 Å². The van der Waals surface area contributed by atoms with Crippen LogP contribution in [0, 0.1) is 0 Å². The molecule has 6 nitrogen and oxygen atoms in total. The number of carbonyl (C=O) groups is 1. The molecule has 0 aliphatic heterocycles. The largest absolute Gasteiger partial charge is 0.468 e. The van der Waals surface area contributed by atoms with Crippen molar-refractivity contribution in [2.45, 2.75) is 38.8 Å². The van der Waals surface area contributed by atoms with Gasteiger partial charge >= 0.3 is 5.97 Å². The van der Waals surface area contributed by atoms with E-state index in [1.165, 1.54) is 7.11 Å². The minimum Gasteiger partial charge on any atom is -0.468 e. The Balaban J connectivity index is 3.56. The highest BCUT2D eigenvalue weighted by Crippen LogP contribution is 1.98. The lowest BCUT2D eigenvalue weighted by Gasteiger charge is -2.18. The lowest BCUT2D eigenvalue weighted by Crippen LogP contribution is -2.42. The molecule has 0 rings (SSSR count). The van der Waals surface area contributed by atoms with Crippen LogP contribution >= 0.6 is 0 Å². The number of carbonyl (C=O) groups excluding carboxylic acids is 1. The van der Waals surface area contributed by atoms with Crippen molar-refractivity contribution < 1.29 is 23.7 Å². The number of rotatable bonds is 13. The third kappa shape index (κ3) is 11.2. The van der Waals surface area contributed by atoms with Gasteiger partial charge in [-0.1, -0.05) is 13.8 Å². The van der Waals surface area contributed by atoms with Crippen molar-refractivity contribution in [3.63, 3.8) is 0 Å². The molecule has 120 valence electrons. The lowest BCUT2D eigenvalue weighted by atomic mass is 10.2. The average Bonchev–Trinajstić information content (AvgIpc) is 2.43. The molecule has 1 N–H and O–H groups in total. The number of hydrogen-bond donors (Lipinski definition) is 1. The van der Waals surface area contributed by atoms with Crippen LogP contribution < -0.4 is 5.32 Å². The molecule has 0 aromatic carbocycles. The van der Waals surface area contributed by atoms with E-state index in [0.29, 0.717) is 39.5 Å². The normalized spacial score (nSPS) is 12.7. The van der Waals surface area contributed by atoms with Gasteiger partial charge in [0.05, 0.1) is 20.3 Å². The van der Waals surface area contributed by atoms with Crippen molar-refractivity contribution in [3.8, 4) is 0 Å². The van der Waals surface area contributed by atoms with Crippen LogP contribution in [0.15, 0.2) is 0 Å². The Labute approximate surface area is 122 Å². The molecule has 1 atom stereocenters. The fraction of sp³-hybridized carbons (Fsp3) is 0.929. The van der Waals surface area contributed by atoms with Crippen molar-refractivity contribution in [2.75, 3.05) is 47.3 Å². The molecule has 0 radical (unpaired) electrons. The molecule has 0 aromatic rings. The minimum atomic E-state index is -0.317. The van der Waals surface area contributed by atoms with E-state index in [2.05, 4.69) is 5.32 Å². The molecule has 0 saturated carbocycles. The van der Waals surface area contributed by atoms with Gasteiger partial charge in [-0.15, -0.1) is 0 Å². The molecule has 0 heterocycles. The number of hydrogen-bond acceptors (Lipinski definition) is 6. The number of methoxy groups -OCH3 is 2. The average molecular weight is 291 g/mol. The Morgan fingerprint density at radius 2 is 1.65 bits per heavy atom. The maximum Gasteiger partial charge on any atom is 0.322 e. The lowest BCUT2D eigenvalue weighted by molar-refractivity contribution is -0.143. The first-order valence-electron chi connectivity index (χ1n) is 7.10. The van der Waals surface area contributed by atoms with Crippen LogP contribution in [0.2, 0.25) is 0 Å². The summed E-state index contributed by atoms with van der Waals surface area (Å²) < 4.78 is 20.5. The Hall–Kier alpha value is -0.690. The molecule has 0 spiro atoms. The van der Waals surface area contributed by atoms with Crippen molar-refractivity contribution >= 4 is 5.97 Å². The van der Waals surface area contributed by atoms with E-state index in [1.807, 2.05) is 13.8 Å². The van der Waals surface area contributed by atoms with E-state index in [-0.39, 0.29) is 18.1 Å². The third-order valence-corrected chi connectivity index (χ3v) is 2.58. The zero-order valence-corrected chi connectivity index (χ0v) is 13.1. The Morgan fingerprint density at radius 1 is 1.00 bits per heavy atom. The van der Waals surface area contributed by atoms with Gasteiger partial charge in [-0.2, -0.15) is 0 Å². The van der Waals surface area contributed by atoms with Gasteiger partial charge in [0.1, 0.15) is 6.04 Å². The molecule has 0 amide bonds. The molecule has 0 aromatic heterocycles. The molecule has 0 saturated heterocycles. The second kappa shape index (κ2) is 13.3. The predicted molar refractivity (Wildman–Crippen MR) is 76.8 cm³/mol.